The first-order valence-electron chi connectivity index (χ1n) is 5.42. The number of hydrogen-bond donors (Lipinski definition) is 1. The van der Waals surface area contributed by atoms with Crippen molar-refractivity contribution in [2.75, 3.05) is 5.73 Å². The Bertz CT molecular complexity index is 588. The highest BCUT2D eigenvalue weighted by Crippen LogP contribution is 2.39. The summed E-state index contributed by atoms with van der Waals surface area (Å²) in [4.78, 5) is 18.9. The number of aldehydes is 1. The zero-order valence-corrected chi connectivity index (χ0v) is 11.2. The first kappa shape index (κ1) is 10.9. The van der Waals surface area contributed by atoms with Gasteiger partial charge in [-0.05, 0) is 35.4 Å². The lowest BCUT2D eigenvalue weighted by atomic mass is 9.81. The summed E-state index contributed by atoms with van der Waals surface area (Å²) < 4.78 is 3.18. The van der Waals surface area contributed by atoms with Crippen LogP contribution in [0.3, 0.4) is 0 Å². The molecule has 0 unspecified atom stereocenters. The van der Waals surface area contributed by atoms with E-state index >= 15 is 0 Å². The minimum absolute atomic E-state index is 0.203. The Labute approximate surface area is 112 Å². The highest BCUT2D eigenvalue weighted by Gasteiger charge is 2.31. The molecule has 1 fully saturated rings. The molecule has 1 aliphatic rings. The number of halogens is 1. The third-order valence-electron chi connectivity index (χ3n) is 3.33. The van der Waals surface area contributed by atoms with Crippen molar-refractivity contribution in [3.05, 3.63) is 16.1 Å². The van der Waals surface area contributed by atoms with E-state index in [0.29, 0.717) is 11.9 Å². The maximum Gasteiger partial charge on any atom is 0.146 e. The largest absolute Gasteiger partial charge is 0.383 e. The molecule has 2 heterocycles. The zero-order chi connectivity index (χ0) is 12.0. The van der Waals surface area contributed by atoms with Crippen LogP contribution in [-0.2, 0) is 4.79 Å². The topological polar surface area (TPSA) is 73.8 Å². The van der Waals surface area contributed by atoms with Crippen LogP contribution in [0.2, 0.25) is 0 Å². The number of fused-ring (bicyclic) bond motifs is 1. The number of hydrogen-bond acceptors (Lipinski definition) is 4. The van der Waals surface area contributed by atoms with Gasteiger partial charge in [0, 0.05) is 21.7 Å². The second-order valence-electron chi connectivity index (χ2n) is 4.36. The van der Waals surface area contributed by atoms with E-state index in [4.69, 9.17) is 5.73 Å². The summed E-state index contributed by atoms with van der Waals surface area (Å²) in [6.45, 7) is 0. The lowest BCUT2D eigenvalue weighted by Gasteiger charge is -2.33. The van der Waals surface area contributed by atoms with E-state index in [-0.39, 0.29) is 5.92 Å². The molecule has 0 radical (unpaired) electrons. The normalized spacial score (nSPS) is 23.6. The highest BCUT2D eigenvalue weighted by molar-refractivity contribution is 14.1. The Morgan fingerprint density at radius 3 is 2.94 bits per heavy atom. The summed E-state index contributed by atoms with van der Waals surface area (Å²) in [6.07, 6.45) is 6.36. The summed E-state index contributed by atoms with van der Waals surface area (Å²) in [6, 6.07) is 0.366. The number of anilines is 1. The Balaban J connectivity index is 2.07. The molecular formula is C11H11IN4O. The Morgan fingerprint density at radius 1 is 1.47 bits per heavy atom. The van der Waals surface area contributed by atoms with Crippen LogP contribution >= 0.6 is 22.6 Å². The van der Waals surface area contributed by atoms with Gasteiger partial charge in [-0.15, -0.1) is 0 Å². The molecule has 0 spiro atoms. The molecule has 2 N–H and O–H groups in total. The molecule has 2 aromatic rings. The maximum atomic E-state index is 10.6. The summed E-state index contributed by atoms with van der Waals surface area (Å²) in [5, 5.41) is 0.919. The van der Waals surface area contributed by atoms with Gasteiger partial charge in [0.05, 0.1) is 5.39 Å². The van der Waals surface area contributed by atoms with Gasteiger partial charge in [0.1, 0.15) is 24.1 Å². The molecule has 1 aliphatic carbocycles. The van der Waals surface area contributed by atoms with Crippen molar-refractivity contribution in [3.8, 4) is 0 Å². The molecule has 6 heteroatoms. The first-order chi connectivity index (χ1) is 8.20. The Morgan fingerprint density at radius 2 is 2.24 bits per heavy atom. The SMILES string of the molecule is Nc1ncnc2c1c(I)cn2[C@H]1C[C@@H](C=O)C1. The third-order valence-corrected chi connectivity index (χ3v) is 4.15. The summed E-state index contributed by atoms with van der Waals surface area (Å²) in [7, 11) is 0. The molecule has 0 saturated heterocycles. The number of nitrogens with two attached hydrogens (primary N) is 1. The fraction of sp³-hybridized carbons (Fsp3) is 0.364. The molecule has 88 valence electrons. The Hall–Kier alpha value is -1.18. The second kappa shape index (κ2) is 3.94. The van der Waals surface area contributed by atoms with Crippen molar-refractivity contribution >= 4 is 45.7 Å². The van der Waals surface area contributed by atoms with Crippen molar-refractivity contribution in [1.82, 2.24) is 14.5 Å². The van der Waals surface area contributed by atoms with E-state index in [2.05, 4.69) is 37.1 Å². The standard InChI is InChI=1S/C11H11IN4O/c12-8-3-16(7-1-6(2-7)4-17)11-9(8)10(13)14-5-15-11/h3-7H,1-2H2,(H2,13,14,15)/t6-,7+. The highest BCUT2D eigenvalue weighted by atomic mass is 127. The van der Waals surface area contributed by atoms with E-state index in [0.717, 1.165) is 33.7 Å². The van der Waals surface area contributed by atoms with Crippen molar-refractivity contribution in [1.29, 1.82) is 0 Å². The summed E-state index contributed by atoms with van der Waals surface area (Å²) in [5.74, 6) is 0.721. The van der Waals surface area contributed by atoms with Gasteiger partial charge in [0.25, 0.3) is 0 Å². The van der Waals surface area contributed by atoms with E-state index in [1.165, 1.54) is 6.33 Å². The monoisotopic (exact) mass is 342 g/mol. The lowest BCUT2D eigenvalue weighted by molar-refractivity contribution is -0.114. The van der Waals surface area contributed by atoms with E-state index in [9.17, 15) is 4.79 Å². The number of carbonyl (C=O) groups excluding carboxylic acids is 1. The fourth-order valence-corrected chi connectivity index (χ4v) is 3.13. The minimum atomic E-state index is 0.203. The molecule has 5 nitrogen and oxygen atoms in total. The molecule has 0 amide bonds. The predicted octanol–water partition coefficient (Wildman–Crippen LogP) is 1.77. The quantitative estimate of drug-likeness (QED) is 0.667. The average Bonchev–Trinajstić information content (AvgIpc) is 2.56. The Kier molecular flexibility index (Phi) is 2.53. The van der Waals surface area contributed by atoms with Crippen LogP contribution in [0, 0.1) is 9.49 Å². The molecule has 17 heavy (non-hydrogen) atoms. The van der Waals surface area contributed by atoms with Crippen LogP contribution in [-0.4, -0.2) is 20.8 Å². The van der Waals surface area contributed by atoms with Gasteiger partial charge in [0.2, 0.25) is 0 Å². The van der Waals surface area contributed by atoms with Crippen LogP contribution < -0.4 is 5.73 Å². The molecule has 0 atom stereocenters. The smallest absolute Gasteiger partial charge is 0.146 e. The van der Waals surface area contributed by atoms with Gasteiger partial charge in [-0.2, -0.15) is 0 Å². The van der Waals surface area contributed by atoms with E-state index < -0.39 is 0 Å². The van der Waals surface area contributed by atoms with E-state index in [1.54, 1.807) is 0 Å². The summed E-state index contributed by atoms with van der Waals surface area (Å²) >= 11 is 2.24. The van der Waals surface area contributed by atoms with Gasteiger partial charge in [-0.25, -0.2) is 9.97 Å². The van der Waals surface area contributed by atoms with Crippen molar-refractivity contribution in [3.63, 3.8) is 0 Å². The number of nitrogens with zero attached hydrogens (tertiary/aromatic N) is 3. The second-order valence-corrected chi connectivity index (χ2v) is 5.53. The van der Waals surface area contributed by atoms with Gasteiger partial charge >= 0.3 is 0 Å². The van der Waals surface area contributed by atoms with Crippen molar-refractivity contribution in [2.45, 2.75) is 18.9 Å². The van der Waals surface area contributed by atoms with E-state index in [1.807, 2.05) is 6.20 Å². The predicted molar refractivity (Wildman–Crippen MR) is 72.5 cm³/mol. The van der Waals surface area contributed by atoms with Crippen LogP contribution in [0.5, 0.6) is 0 Å². The van der Waals surface area contributed by atoms with Crippen LogP contribution in [0.25, 0.3) is 11.0 Å². The molecule has 0 aliphatic heterocycles. The molecular weight excluding hydrogens is 331 g/mol. The first-order valence-corrected chi connectivity index (χ1v) is 6.50. The average molecular weight is 342 g/mol. The number of nitrogen functional groups attached to an aromatic ring is 1. The van der Waals surface area contributed by atoms with Gasteiger partial charge < -0.3 is 15.1 Å². The summed E-state index contributed by atoms with van der Waals surface area (Å²) in [5.41, 5.74) is 6.73. The number of rotatable bonds is 2. The van der Waals surface area contributed by atoms with Crippen LogP contribution in [0.4, 0.5) is 5.82 Å². The number of aromatic nitrogens is 3. The van der Waals surface area contributed by atoms with Gasteiger partial charge in [-0.1, -0.05) is 0 Å². The number of carbonyl (C=O) groups is 1. The zero-order valence-electron chi connectivity index (χ0n) is 9.01. The van der Waals surface area contributed by atoms with Gasteiger partial charge in [-0.3, -0.25) is 0 Å². The maximum absolute atomic E-state index is 10.6. The lowest BCUT2D eigenvalue weighted by Crippen LogP contribution is -2.27. The van der Waals surface area contributed by atoms with Crippen molar-refractivity contribution in [2.24, 2.45) is 5.92 Å². The molecule has 2 aromatic heterocycles. The van der Waals surface area contributed by atoms with Crippen LogP contribution in [0.15, 0.2) is 12.5 Å². The molecule has 1 saturated carbocycles. The minimum Gasteiger partial charge on any atom is -0.383 e. The molecule has 0 bridgehead atoms. The van der Waals surface area contributed by atoms with Crippen LogP contribution in [0.1, 0.15) is 18.9 Å². The van der Waals surface area contributed by atoms with Gasteiger partial charge in [0.15, 0.2) is 0 Å². The fourth-order valence-electron chi connectivity index (χ4n) is 2.31. The third kappa shape index (κ3) is 1.62. The van der Waals surface area contributed by atoms with Crippen molar-refractivity contribution < 1.29 is 4.79 Å². The molecule has 0 aromatic carbocycles. The molecule has 3 rings (SSSR count).